The van der Waals surface area contributed by atoms with Crippen LogP contribution >= 0.6 is 0 Å². The zero-order valence-corrected chi connectivity index (χ0v) is 10.8. The van der Waals surface area contributed by atoms with Crippen molar-refractivity contribution in [3.63, 3.8) is 0 Å². The zero-order valence-electron chi connectivity index (χ0n) is 10.8. The maximum absolute atomic E-state index is 5.56. The molecule has 1 aromatic rings. The molecule has 1 N–H and O–H groups in total. The van der Waals surface area contributed by atoms with E-state index in [-0.39, 0.29) is 0 Å². The second-order valence-corrected chi connectivity index (χ2v) is 5.85. The molecule has 1 aliphatic carbocycles. The van der Waals surface area contributed by atoms with E-state index in [0.29, 0.717) is 11.8 Å². The summed E-state index contributed by atoms with van der Waals surface area (Å²) in [4.78, 5) is 8.43. The Labute approximate surface area is 103 Å². The average molecular weight is 234 g/mol. The molecule has 1 fully saturated rings. The highest BCUT2D eigenvalue weighted by atomic mass is 16.5. The van der Waals surface area contributed by atoms with Gasteiger partial charge in [0.05, 0.1) is 12.3 Å². The van der Waals surface area contributed by atoms with E-state index in [4.69, 9.17) is 9.72 Å². The third kappa shape index (κ3) is 2.13. The van der Waals surface area contributed by atoms with Gasteiger partial charge in [0.25, 0.3) is 0 Å². The maximum Gasteiger partial charge on any atom is 0.112 e. The molecule has 3 heteroatoms. The maximum atomic E-state index is 5.56. The lowest BCUT2D eigenvalue weighted by atomic mass is 9.84. The summed E-state index contributed by atoms with van der Waals surface area (Å²) >= 11 is 0. The van der Waals surface area contributed by atoms with Gasteiger partial charge >= 0.3 is 0 Å². The molecule has 0 saturated carbocycles. The molecule has 1 aromatic heterocycles. The number of fused-ring (bicyclic) bond motifs is 1. The number of H-pyrrole nitrogens is 1. The summed E-state index contributed by atoms with van der Waals surface area (Å²) in [6, 6.07) is 0. The number of hydrogen-bond donors (Lipinski definition) is 1. The lowest BCUT2D eigenvalue weighted by molar-refractivity contribution is 0.0782. The first-order valence-electron chi connectivity index (χ1n) is 6.90. The molecular weight excluding hydrogens is 212 g/mol. The Morgan fingerprint density at radius 3 is 3.00 bits per heavy atom. The fraction of sp³-hybridized carbons (Fsp3) is 0.786. The second-order valence-electron chi connectivity index (χ2n) is 5.85. The molecule has 2 aliphatic rings. The molecule has 0 radical (unpaired) electrons. The van der Waals surface area contributed by atoms with Crippen molar-refractivity contribution in [2.75, 3.05) is 13.2 Å². The lowest BCUT2D eigenvalue weighted by Gasteiger charge is -2.22. The normalized spacial score (nSPS) is 33.4. The largest absolute Gasteiger partial charge is 0.381 e. The number of nitrogens with one attached hydrogen (secondary N) is 1. The Balaban J connectivity index is 1.85. The van der Waals surface area contributed by atoms with Crippen LogP contribution in [-0.4, -0.2) is 23.2 Å². The van der Waals surface area contributed by atoms with Gasteiger partial charge in [0, 0.05) is 24.1 Å². The van der Waals surface area contributed by atoms with Crippen molar-refractivity contribution in [1.82, 2.24) is 9.97 Å². The SMILES string of the molecule is CC1Cc2[nH]c(C3CCCOC3)nc2C(C)C1. The van der Waals surface area contributed by atoms with Crippen LogP contribution in [0.3, 0.4) is 0 Å². The van der Waals surface area contributed by atoms with E-state index in [1.807, 2.05) is 0 Å². The first-order valence-corrected chi connectivity index (χ1v) is 6.90. The Hall–Kier alpha value is -0.830. The topological polar surface area (TPSA) is 37.9 Å². The lowest BCUT2D eigenvalue weighted by Crippen LogP contribution is -2.16. The Bertz CT molecular complexity index is 393. The van der Waals surface area contributed by atoms with Gasteiger partial charge in [0.2, 0.25) is 0 Å². The first kappa shape index (κ1) is 11.3. The van der Waals surface area contributed by atoms with Crippen LogP contribution in [-0.2, 0) is 11.2 Å². The van der Waals surface area contributed by atoms with E-state index in [1.54, 1.807) is 0 Å². The fourth-order valence-electron chi connectivity index (χ4n) is 3.30. The van der Waals surface area contributed by atoms with E-state index in [9.17, 15) is 0 Å². The minimum Gasteiger partial charge on any atom is -0.381 e. The predicted octanol–water partition coefficient (Wildman–Crippen LogP) is 2.99. The van der Waals surface area contributed by atoms with Crippen LogP contribution in [0.5, 0.6) is 0 Å². The molecule has 2 heterocycles. The van der Waals surface area contributed by atoms with Gasteiger partial charge in [-0.2, -0.15) is 0 Å². The van der Waals surface area contributed by atoms with E-state index < -0.39 is 0 Å². The molecule has 3 unspecified atom stereocenters. The summed E-state index contributed by atoms with van der Waals surface area (Å²) in [6.07, 6.45) is 4.83. The summed E-state index contributed by atoms with van der Waals surface area (Å²) in [5.41, 5.74) is 2.71. The summed E-state index contributed by atoms with van der Waals surface area (Å²) < 4.78 is 5.56. The summed E-state index contributed by atoms with van der Waals surface area (Å²) in [5, 5.41) is 0. The zero-order chi connectivity index (χ0) is 11.8. The van der Waals surface area contributed by atoms with Gasteiger partial charge in [-0.25, -0.2) is 4.98 Å². The smallest absolute Gasteiger partial charge is 0.112 e. The minimum atomic E-state index is 0.497. The number of aromatic nitrogens is 2. The van der Waals surface area contributed by atoms with E-state index in [2.05, 4.69) is 18.8 Å². The fourth-order valence-corrected chi connectivity index (χ4v) is 3.30. The molecule has 0 spiro atoms. The highest BCUT2D eigenvalue weighted by Crippen LogP contribution is 2.34. The standard InChI is InChI=1S/C14H22N2O/c1-9-6-10(2)13-12(7-9)15-14(16-13)11-4-3-5-17-8-11/h9-11H,3-8H2,1-2H3,(H,15,16). The highest BCUT2D eigenvalue weighted by Gasteiger charge is 2.27. The number of rotatable bonds is 1. The minimum absolute atomic E-state index is 0.497. The van der Waals surface area contributed by atoms with Crippen LogP contribution in [0.2, 0.25) is 0 Å². The van der Waals surface area contributed by atoms with Gasteiger partial charge < -0.3 is 9.72 Å². The number of nitrogens with zero attached hydrogens (tertiary/aromatic N) is 1. The molecule has 3 rings (SSSR count). The number of imidazole rings is 1. The van der Waals surface area contributed by atoms with Crippen LogP contribution in [0.1, 0.15) is 62.2 Å². The molecule has 17 heavy (non-hydrogen) atoms. The van der Waals surface area contributed by atoms with Crippen molar-refractivity contribution in [3.8, 4) is 0 Å². The van der Waals surface area contributed by atoms with Crippen molar-refractivity contribution in [1.29, 1.82) is 0 Å². The van der Waals surface area contributed by atoms with Crippen molar-refractivity contribution in [2.24, 2.45) is 5.92 Å². The monoisotopic (exact) mass is 234 g/mol. The third-order valence-electron chi connectivity index (χ3n) is 4.15. The second kappa shape index (κ2) is 4.45. The summed E-state index contributed by atoms with van der Waals surface area (Å²) in [7, 11) is 0. The number of aromatic amines is 1. The van der Waals surface area contributed by atoms with Crippen LogP contribution in [0, 0.1) is 5.92 Å². The highest BCUT2D eigenvalue weighted by molar-refractivity contribution is 5.23. The van der Waals surface area contributed by atoms with Crippen molar-refractivity contribution < 1.29 is 4.74 Å². The molecule has 0 amide bonds. The van der Waals surface area contributed by atoms with Crippen LogP contribution in [0.25, 0.3) is 0 Å². The van der Waals surface area contributed by atoms with E-state index in [0.717, 1.165) is 19.1 Å². The van der Waals surface area contributed by atoms with Crippen molar-refractivity contribution in [3.05, 3.63) is 17.2 Å². The Morgan fingerprint density at radius 1 is 1.35 bits per heavy atom. The molecular formula is C14H22N2O. The van der Waals surface area contributed by atoms with E-state index in [1.165, 1.54) is 42.9 Å². The number of ether oxygens (including phenoxy) is 1. The van der Waals surface area contributed by atoms with Gasteiger partial charge in [-0.1, -0.05) is 13.8 Å². The summed E-state index contributed by atoms with van der Waals surface area (Å²) in [6.45, 7) is 6.40. The van der Waals surface area contributed by atoms with Gasteiger partial charge in [0.1, 0.15) is 5.82 Å². The predicted molar refractivity (Wildman–Crippen MR) is 67.3 cm³/mol. The molecule has 3 atom stereocenters. The van der Waals surface area contributed by atoms with Crippen LogP contribution < -0.4 is 0 Å². The molecule has 1 saturated heterocycles. The average Bonchev–Trinajstić information content (AvgIpc) is 2.74. The van der Waals surface area contributed by atoms with E-state index >= 15 is 0 Å². The van der Waals surface area contributed by atoms with Gasteiger partial charge in [-0.3, -0.25) is 0 Å². The Morgan fingerprint density at radius 2 is 2.24 bits per heavy atom. The third-order valence-corrected chi connectivity index (χ3v) is 4.15. The molecule has 0 aromatic carbocycles. The van der Waals surface area contributed by atoms with Crippen molar-refractivity contribution in [2.45, 2.75) is 51.4 Å². The molecule has 3 nitrogen and oxygen atoms in total. The number of hydrogen-bond acceptors (Lipinski definition) is 2. The summed E-state index contributed by atoms with van der Waals surface area (Å²) in [5.74, 6) is 3.07. The first-order chi connectivity index (χ1) is 8.24. The van der Waals surface area contributed by atoms with Gasteiger partial charge in [-0.15, -0.1) is 0 Å². The van der Waals surface area contributed by atoms with Gasteiger partial charge in [0.15, 0.2) is 0 Å². The molecule has 94 valence electrons. The van der Waals surface area contributed by atoms with Crippen LogP contribution in [0.15, 0.2) is 0 Å². The molecule has 0 bridgehead atoms. The van der Waals surface area contributed by atoms with Gasteiger partial charge in [-0.05, 0) is 31.6 Å². The van der Waals surface area contributed by atoms with Crippen molar-refractivity contribution >= 4 is 0 Å². The van der Waals surface area contributed by atoms with Crippen LogP contribution in [0.4, 0.5) is 0 Å². The molecule has 1 aliphatic heterocycles. The quantitative estimate of drug-likeness (QED) is 0.811. The Kier molecular flexibility index (Phi) is 2.95.